The second-order valence-corrected chi connectivity index (χ2v) is 5.18. The van der Waals surface area contributed by atoms with Gasteiger partial charge >= 0.3 is 0 Å². The van der Waals surface area contributed by atoms with Gasteiger partial charge in [0.15, 0.2) is 0 Å². The highest BCUT2D eigenvalue weighted by molar-refractivity contribution is 5.44. The Balaban J connectivity index is 1.66. The van der Waals surface area contributed by atoms with Crippen LogP contribution in [0.4, 0.5) is 17.8 Å². The summed E-state index contributed by atoms with van der Waals surface area (Å²) in [5, 5.41) is 6.20. The van der Waals surface area contributed by atoms with Crippen molar-refractivity contribution in [2.75, 3.05) is 62.0 Å². The van der Waals surface area contributed by atoms with Crippen molar-refractivity contribution < 1.29 is 9.47 Å². The fourth-order valence-electron chi connectivity index (χ4n) is 2.47. The molecule has 2 N–H and O–H groups in total. The number of nitrogens with zero attached hydrogens (tertiary/aromatic N) is 4. The highest BCUT2D eigenvalue weighted by Crippen LogP contribution is 2.18. The van der Waals surface area contributed by atoms with Crippen LogP contribution in [0.2, 0.25) is 0 Å². The maximum atomic E-state index is 5.60. The van der Waals surface area contributed by atoms with Gasteiger partial charge in [0.1, 0.15) is 0 Å². The van der Waals surface area contributed by atoms with E-state index < -0.39 is 0 Å². The van der Waals surface area contributed by atoms with Crippen LogP contribution in [0.3, 0.4) is 0 Å². The molecule has 8 nitrogen and oxygen atoms in total. The van der Waals surface area contributed by atoms with Gasteiger partial charge in [0.25, 0.3) is 0 Å². The summed E-state index contributed by atoms with van der Waals surface area (Å²) in [6.07, 6.45) is 2.43. The van der Waals surface area contributed by atoms with Crippen molar-refractivity contribution in [3.8, 4) is 0 Å². The van der Waals surface area contributed by atoms with E-state index in [2.05, 4.69) is 30.5 Å². The predicted octanol–water partition coefficient (Wildman–Crippen LogP) is 0.341. The van der Waals surface area contributed by atoms with Crippen LogP contribution < -0.4 is 15.5 Å². The van der Waals surface area contributed by atoms with E-state index >= 15 is 0 Å². The smallest absolute Gasteiger partial charge is 0.231 e. The molecule has 2 aliphatic heterocycles. The molecule has 0 radical (unpaired) electrons. The summed E-state index contributed by atoms with van der Waals surface area (Å²) in [5.74, 6) is 1.88. The number of hydrogen-bond acceptors (Lipinski definition) is 8. The minimum absolute atomic E-state index is 0.0452. The molecule has 116 valence electrons. The van der Waals surface area contributed by atoms with E-state index in [0.717, 1.165) is 19.0 Å². The predicted molar refractivity (Wildman–Crippen MR) is 79.9 cm³/mol. The van der Waals surface area contributed by atoms with E-state index in [-0.39, 0.29) is 6.10 Å². The number of aromatic nitrogens is 3. The lowest BCUT2D eigenvalue weighted by Gasteiger charge is -2.23. The van der Waals surface area contributed by atoms with Crippen LogP contribution in [-0.4, -0.2) is 67.6 Å². The average molecular weight is 294 g/mol. The zero-order valence-electron chi connectivity index (χ0n) is 12.3. The highest BCUT2D eigenvalue weighted by Gasteiger charge is 2.18. The van der Waals surface area contributed by atoms with Gasteiger partial charge in [-0.25, -0.2) is 0 Å². The summed E-state index contributed by atoms with van der Waals surface area (Å²) >= 11 is 0. The normalized spacial score (nSPS) is 22.3. The monoisotopic (exact) mass is 294 g/mol. The molecule has 3 heterocycles. The van der Waals surface area contributed by atoms with Crippen molar-refractivity contribution in [1.82, 2.24) is 15.0 Å². The van der Waals surface area contributed by atoms with E-state index in [1.54, 1.807) is 0 Å². The van der Waals surface area contributed by atoms with Crippen LogP contribution in [0.5, 0.6) is 0 Å². The SMILES string of the molecule is CNc1nc(NCC2COCCO2)nc(N2CCCC2)n1. The standard InChI is InChI=1S/C13H22N6O2/c1-14-11-16-12(15-8-10-9-20-6-7-21-10)18-13(17-11)19-4-2-3-5-19/h10H,2-9H2,1H3,(H2,14,15,16,17,18). The molecule has 0 aliphatic carbocycles. The van der Waals surface area contributed by atoms with Gasteiger partial charge in [0, 0.05) is 26.7 Å². The summed E-state index contributed by atoms with van der Waals surface area (Å²) in [7, 11) is 1.81. The van der Waals surface area contributed by atoms with Gasteiger partial charge in [-0.1, -0.05) is 0 Å². The molecule has 0 amide bonds. The largest absolute Gasteiger partial charge is 0.376 e. The average Bonchev–Trinajstić information content (AvgIpc) is 3.08. The lowest BCUT2D eigenvalue weighted by Crippen LogP contribution is -2.34. The highest BCUT2D eigenvalue weighted by atomic mass is 16.6. The van der Waals surface area contributed by atoms with Crippen molar-refractivity contribution in [1.29, 1.82) is 0 Å². The van der Waals surface area contributed by atoms with Crippen LogP contribution in [-0.2, 0) is 9.47 Å². The molecular weight excluding hydrogens is 272 g/mol. The van der Waals surface area contributed by atoms with Crippen molar-refractivity contribution in [3.63, 3.8) is 0 Å². The molecule has 0 aromatic carbocycles. The summed E-state index contributed by atoms with van der Waals surface area (Å²) in [6.45, 7) is 4.57. The van der Waals surface area contributed by atoms with E-state index in [0.29, 0.717) is 38.3 Å². The molecule has 2 saturated heterocycles. The summed E-state index contributed by atoms with van der Waals surface area (Å²) < 4.78 is 11.0. The van der Waals surface area contributed by atoms with Crippen LogP contribution in [0.15, 0.2) is 0 Å². The van der Waals surface area contributed by atoms with E-state index in [4.69, 9.17) is 9.47 Å². The first kappa shape index (κ1) is 14.3. The molecule has 2 aliphatic rings. The minimum atomic E-state index is 0.0452. The molecule has 0 saturated carbocycles. The molecule has 21 heavy (non-hydrogen) atoms. The van der Waals surface area contributed by atoms with Crippen molar-refractivity contribution in [2.24, 2.45) is 0 Å². The first-order valence-electron chi connectivity index (χ1n) is 7.47. The topological polar surface area (TPSA) is 84.4 Å². The van der Waals surface area contributed by atoms with Gasteiger partial charge < -0.3 is 25.0 Å². The second kappa shape index (κ2) is 6.86. The maximum Gasteiger partial charge on any atom is 0.231 e. The number of rotatable bonds is 5. The lowest BCUT2D eigenvalue weighted by atomic mass is 10.3. The maximum absolute atomic E-state index is 5.60. The Labute approximate surface area is 124 Å². The molecule has 0 bridgehead atoms. The van der Waals surface area contributed by atoms with Crippen molar-refractivity contribution in [2.45, 2.75) is 18.9 Å². The summed E-state index contributed by atoms with van der Waals surface area (Å²) in [6, 6.07) is 0. The zero-order chi connectivity index (χ0) is 14.5. The van der Waals surface area contributed by atoms with Gasteiger partial charge in [0.05, 0.1) is 25.9 Å². The minimum Gasteiger partial charge on any atom is -0.376 e. The molecule has 1 aromatic heterocycles. The Morgan fingerprint density at radius 1 is 1.14 bits per heavy atom. The van der Waals surface area contributed by atoms with E-state index in [9.17, 15) is 0 Å². The molecule has 1 atom stereocenters. The van der Waals surface area contributed by atoms with Crippen LogP contribution >= 0.6 is 0 Å². The Morgan fingerprint density at radius 3 is 2.67 bits per heavy atom. The van der Waals surface area contributed by atoms with Gasteiger partial charge in [-0.15, -0.1) is 0 Å². The Morgan fingerprint density at radius 2 is 1.95 bits per heavy atom. The van der Waals surface area contributed by atoms with Gasteiger partial charge in [-0.2, -0.15) is 15.0 Å². The Hall–Kier alpha value is -1.67. The second-order valence-electron chi connectivity index (χ2n) is 5.18. The number of anilines is 3. The first-order chi connectivity index (χ1) is 10.3. The third-order valence-corrected chi connectivity index (χ3v) is 3.61. The molecular formula is C13H22N6O2. The quantitative estimate of drug-likeness (QED) is 0.804. The van der Waals surface area contributed by atoms with Crippen LogP contribution in [0, 0.1) is 0 Å². The number of ether oxygens (including phenoxy) is 2. The number of nitrogens with one attached hydrogen (secondary N) is 2. The third-order valence-electron chi connectivity index (χ3n) is 3.61. The summed E-state index contributed by atoms with van der Waals surface area (Å²) in [4.78, 5) is 15.5. The fraction of sp³-hybridized carbons (Fsp3) is 0.769. The van der Waals surface area contributed by atoms with E-state index in [1.165, 1.54) is 12.8 Å². The van der Waals surface area contributed by atoms with Gasteiger partial charge in [0.2, 0.25) is 17.8 Å². The fourth-order valence-corrected chi connectivity index (χ4v) is 2.47. The Kier molecular flexibility index (Phi) is 4.66. The third kappa shape index (κ3) is 3.70. The van der Waals surface area contributed by atoms with Gasteiger partial charge in [-0.05, 0) is 12.8 Å². The van der Waals surface area contributed by atoms with Crippen molar-refractivity contribution >= 4 is 17.8 Å². The first-order valence-corrected chi connectivity index (χ1v) is 7.47. The Bertz CT molecular complexity index is 460. The molecule has 2 fully saturated rings. The van der Waals surface area contributed by atoms with Crippen molar-refractivity contribution in [3.05, 3.63) is 0 Å². The van der Waals surface area contributed by atoms with E-state index in [1.807, 2.05) is 7.05 Å². The van der Waals surface area contributed by atoms with Gasteiger partial charge in [-0.3, -0.25) is 0 Å². The van der Waals surface area contributed by atoms with Crippen LogP contribution in [0.25, 0.3) is 0 Å². The number of hydrogen-bond donors (Lipinski definition) is 2. The molecule has 1 aromatic rings. The molecule has 3 rings (SSSR count). The molecule has 1 unspecified atom stereocenters. The molecule has 8 heteroatoms. The molecule has 0 spiro atoms. The lowest BCUT2D eigenvalue weighted by molar-refractivity contribution is -0.0819. The summed E-state index contributed by atoms with van der Waals surface area (Å²) in [5.41, 5.74) is 0. The zero-order valence-corrected chi connectivity index (χ0v) is 12.3. The van der Waals surface area contributed by atoms with Crippen LogP contribution in [0.1, 0.15) is 12.8 Å².